The number of aliphatic imine (C=N–C) groups is 1. The van der Waals surface area contributed by atoms with Crippen molar-refractivity contribution in [3.8, 4) is 11.8 Å². The number of carbonyl (C=O) groups is 3. The zero-order valence-electron chi connectivity index (χ0n) is 40.4. The zero-order chi connectivity index (χ0) is 48.4. The number of aromatic nitrogens is 1. The van der Waals surface area contributed by atoms with Crippen molar-refractivity contribution in [2.75, 3.05) is 33.8 Å². The molecule has 67 heavy (non-hydrogen) atoms. The van der Waals surface area contributed by atoms with E-state index in [0.717, 1.165) is 31.8 Å². The average Bonchev–Trinajstić information content (AvgIpc) is 3.78. The first-order chi connectivity index (χ1) is 31.8. The molecule has 0 saturated carbocycles. The smallest absolute Gasteiger partial charge is 0.410 e. The molecule has 4 aliphatic heterocycles. The van der Waals surface area contributed by atoms with Crippen molar-refractivity contribution in [2.45, 2.75) is 142 Å². The van der Waals surface area contributed by atoms with E-state index >= 15 is 0 Å². The molecule has 3 aromatic rings. The number of nitrogens with one attached hydrogen (secondary N) is 1. The molecule has 2 N–H and O–H groups in total. The molecule has 1 amide bonds. The molecule has 6 heterocycles. The van der Waals surface area contributed by atoms with Gasteiger partial charge < -0.3 is 38.4 Å². The molecule has 0 unspecified atom stereocenters. The minimum atomic E-state index is -1.29. The Balaban J connectivity index is 1.17. The quantitative estimate of drug-likeness (QED) is 0.0711. The molecule has 0 aliphatic carbocycles. The number of thiophene rings is 1. The van der Waals surface area contributed by atoms with Crippen molar-refractivity contribution < 1.29 is 47.9 Å². The standard InChI is InChI=1S/C51H67N5O10S/c1-11-40-51(8)45-31(4)42(54-20-21-56(45)49(60)66-51)29(2)25-50(7,46(32(5)43(57)33(6)47(59)64-40)65-48-44(58)39(55(9)10)23-30(3)63-48)62-22-14-16-36-18-19-37(67-36)24-41(52)61-28-35-27-53-26-34-15-12-13-17-38(34)35/h12-13,15,17-19,26-27,29-33,39-40,44-46,48,52,58H,11,20-25,28H2,1-10H3/t29-,30-,31+,32+,33-,39+,40-,44-,45-,46-,48+,50+,51-/m1/s1. The third-order valence-corrected chi connectivity index (χ3v) is 15.2. The summed E-state index contributed by atoms with van der Waals surface area (Å²) in [7, 11) is 3.79. The number of hydrogen-bond acceptors (Lipinski definition) is 15. The molecule has 3 fully saturated rings. The van der Waals surface area contributed by atoms with Gasteiger partial charge in [0.25, 0.3) is 0 Å². The van der Waals surface area contributed by atoms with Crippen molar-refractivity contribution in [3.05, 3.63) is 64.1 Å². The van der Waals surface area contributed by atoms with Crippen molar-refractivity contribution in [2.24, 2.45) is 28.7 Å². The molecule has 0 spiro atoms. The van der Waals surface area contributed by atoms with Crippen LogP contribution in [0.3, 0.4) is 0 Å². The number of aliphatic hydroxyl groups is 1. The highest BCUT2D eigenvalue weighted by molar-refractivity contribution is 7.12. The maximum Gasteiger partial charge on any atom is 0.410 e. The number of amides is 1. The number of ether oxygens (including phenoxy) is 6. The van der Waals surface area contributed by atoms with Gasteiger partial charge in [-0.3, -0.25) is 29.9 Å². The van der Waals surface area contributed by atoms with Gasteiger partial charge in [0.15, 0.2) is 23.6 Å². The van der Waals surface area contributed by atoms with Crippen LogP contribution in [0.15, 0.2) is 53.8 Å². The first-order valence-corrected chi connectivity index (χ1v) is 24.3. The van der Waals surface area contributed by atoms with Crippen LogP contribution >= 0.6 is 11.3 Å². The first kappa shape index (κ1) is 50.1. The van der Waals surface area contributed by atoms with Gasteiger partial charge in [0.2, 0.25) is 0 Å². The van der Waals surface area contributed by atoms with Gasteiger partial charge in [-0.2, -0.15) is 0 Å². The molecule has 7 rings (SSSR count). The predicted octanol–water partition coefficient (Wildman–Crippen LogP) is 6.84. The van der Waals surface area contributed by atoms with Crippen LogP contribution in [0.5, 0.6) is 0 Å². The van der Waals surface area contributed by atoms with Crippen LogP contribution in [-0.2, 0) is 51.0 Å². The van der Waals surface area contributed by atoms with E-state index in [-0.39, 0.29) is 43.1 Å². The number of Topliss-reactive ketones (excluding diaryl/α,β-unsaturated/α-hetero) is 1. The third kappa shape index (κ3) is 10.6. The van der Waals surface area contributed by atoms with Crippen LogP contribution in [0, 0.1) is 40.9 Å². The Morgan fingerprint density at radius 1 is 1.06 bits per heavy atom. The number of carbonyl (C=O) groups excluding carboxylic acids is 3. The lowest BCUT2D eigenvalue weighted by atomic mass is 9.73. The van der Waals surface area contributed by atoms with Crippen molar-refractivity contribution in [3.63, 3.8) is 0 Å². The summed E-state index contributed by atoms with van der Waals surface area (Å²) in [6.45, 7) is 15.7. The second-order valence-corrected chi connectivity index (χ2v) is 20.5. The highest BCUT2D eigenvalue weighted by Crippen LogP contribution is 2.44. The minimum absolute atomic E-state index is 0.0609. The van der Waals surface area contributed by atoms with Gasteiger partial charge in [0.1, 0.15) is 31.3 Å². The van der Waals surface area contributed by atoms with E-state index in [2.05, 4.69) is 23.7 Å². The highest BCUT2D eigenvalue weighted by Gasteiger charge is 2.60. The lowest BCUT2D eigenvalue weighted by molar-refractivity contribution is -0.296. The zero-order valence-corrected chi connectivity index (χ0v) is 41.3. The Morgan fingerprint density at radius 3 is 2.57 bits per heavy atom. The molecule has 2 bridgehead atoms. The Hall–Kier alpha value is -4.76. The largest absolute Gasteiger partial charge is 0.476 e. The Kier molecular flexibility index (Phi) is 15.6. The fourth-order valence-corrected chi connectivity index (χ4v) is 11.7. The molecule has 3 saturated heterocycles. The molecule has 362 valence electrons. The number of likely N-dealkylation sites (N-methyl/N-ethyl adjacent to an activating group) is 1. The van der Waals surface area contributed by atoms with Gasteiger partial charge in [0.05, 0.1) is 41.7 Å². The number of cyclic esters (lactones) is 1. The van der Waals surface area contributed by atoms with Crippen LogP contribution in [0.4, 0.5) is 4.79 Å². The van der Waals surface area contributed by atoms with Gasteiger partial charge in [-0.05, 0) is 84.5 Å². The van der Waals surface area contributed by atoms with Crippen LogP contribution in [0.25, 0.3) is 10.8 Å². The first-order valence-electron chi connectivity index (χ1n) is 23.5. The van der Waals surface area contributed by atoms with Crippen molar-refractivity contribution in [1.82, 2.24) is 14.8 Å². The number of rotatable bonds is 10. The van der Waals surface area contributed by atoms with Gasteiger partial charge in [-0.1, -0.05) is 63.8 Å². The summed E-state index contributed by atoms with van der Waals surface area (Å²) in [6.07, 6.45) is 0.234. The number of fused-ring (bicyclic) bond motifs is 2. The van der Waals surface area contributed by atoms with Crippen LogP contribution < -0.4 is 0 Å². The summed E-state index contributed by atoms with van der Waals surface area (Å²) in [4.78, 5) is 57.1. The van der Waals surface area contributed by atoms with Crippen LogP contribution in [0.1, 0.15) is 90.0 Å². The van der Waals surface area contributed by atoms with E-state index in [9.17, 15) is 19.5 Å². The normalized spacial score (nSPS) is 33.8. The SMILES string of the molecule is CC[C@H]1OC(=O)[C@H](C)C(=O)[C@H](C)[C@@H](O[C@@H]2O[C@H](C)C[C@H](N(C)C)[C@H]2O)[C@@](C)(OCC#Cc2ccc(CC(=N)OCc3cncc4ccccc34)s2)C[C@@H](C)C2=NCCN3C(=O)O[C@@]1(C)[C@H]3[C@H]2C. The molecule has 1 aromatic carbocycles. The second-order valence-electron chi connectivity index (χ2n) is 19.3. The topological polar surface area (TPSA) is 182 Å². The molecule has 2 aromatic heterocycles. The molecule has 0 radical (unpaired) electrons. The summed E-state index contributed by atoms with van der Waals surface area (Å²) in [5, 5.41) is 22.4. The molecule has 13 atom stereocenters. The van der Waals surface area contributed by atoms with E-state index in [1.165, 1.54) is 18.3 Å². The second kappa shape index (κ2) is 20.9. The lowest BCUT2D eigenvalue weighted by Gasteiger charge is -2.47. The maximum absolute atomic E-state index is 14.7. The summed E-state index contributed by atoms with van der Waals surface area (Å²) < 4.78 is 38.3. The molecular weight excluding hydrogens is 875 g/mol. The Morgan fingerprint density at radius 2 is 1.82 bits per heavy atom. The summed E-state index contributed by atoms with van der Waals surface area (Å²) >= 11 is 1.46. The third-order valence-electron chi connectivity index (χ3n) is 14.2. The summed E-state index contributed by atoms with van der Waals surface area (Å²) in [5.41, 5.74) is -0.756. The minimum Gasteiger partial charge on any atom is -0.476 e. The Labute approximate surface area is 398 Å². The van der Waals surface area contributed by atoms with Crippen molar-refractivity contribution >= 4 is 51.6 Å². The number of aliphatic hydroxyl groups excluding tert-OH is 1. The number of pyridine rings is 1. The molecular formula is C51H67N5O10S. The average molecular weight is 942 g/mol. The van der Waals surface area contributed by atoms with E-state index in [1.54, 1.807) is 18.0 Å². The van der Waals surface area contributed by atoms with E-state index in [4.69, 9.17) is 38.8 Å². The fourth-order valence-electron chi connectivity index (χ4n) is 10.8. The molecule has 16 heteroatoms. The van der Waals surface area contributed by atoms with Crippen LogP contribution in [0.2, 0.25) is 0 Å². The molecule has 4 aliphatic rings. The Bertz CT molecular complexity index is 2390. The molecule has 15 nitrogen and oxygen atoms in total. The van der Waals surface area contributed by atoms with Gasteiger partial charge in [-0.15, -0.1) is 11.3 Å². The summed E-state index contributed by atoms with van der Waals surface area (Å²) in [6, 6.07) is 11.0. The van der Waals surface area contributed by atoms with Gasteiger partial charge >= 0.3 is 12.1 Å². The fraction of sp³-hybridized carbons (Fsp3) is 0.608. The number of ketones is 1. The number of nitrogens with zero attached hydrogens (tertiary/aromatic N) is 4. The van der Waals surface area contributed by atoms with Crippen molar-refractivity contribution in [1.29, 1.82) is 5.41 Å². The number of esters is 1. The maximum atomic E-state index is 14.7. The van der Waals surface area contributed by atoms with Gasteiger partial charge in [0, 0.05) is 58.4 Å². The van der Waals surface area contributed by atoms with E-state index in [0.29, 0.717) is 38.8 Å². The summed E-state index contributed by atoms with van der Waals surface area (Å²) in [5.74, 6) is 2.59. The highest BCUT2D eigenvalue weighted by atomic mass is 32.1. The predicted molar refractivity (Wildman–Crippen MR) is 255 cm³/mol. The van der Waals surface area contributed by atoms with Crippen LogP contribution in [-0.4, -0.2) is 137 Å². The van der Waals surface area contributed by atoms with E-state index < -0.39 is 71.5 Å². The van der Waals surface area contributed by atoms with E-state index in [1.807, 2.05) is 96.2 Å². The van der Waals surface area contributed by atoms with Gasteiger partial charge in [-0.25, -0.2) is 4.79 Å². The number of benzene rings is 1. The lowest BCUT2D eigenvalue weighted by Crippen LogP contribution is -2.60. The number of hydrogen-bond donors (Lipinski definition) is 2. The monoisotopic (exact) mass is 941 g/mol.